The van der Waals surface area contributed by atoms with Crippen LogP contribution in [0.15, 0.2) is 83.8 Å². The Balaban J connectivity index is 1.53. The number of rotatable bonds is 9. The molecule has 0 aliphatic rings. The van der Waals surface area contributed by atoms with E-state index in [4.69, 9.17) is 4.74 Å². The molecule has 0 fully saturated rings. The Bertz CT molecular complexity index is 1290. The smallest absolute Gasteiger partial charge is 0.220 e. The summed E-state index contributed by atoms with van der Waals surface area (Å²) in [6.45, 7) is 4.75. The standard InChI is InChI=1S/C30H32N2O2S/c1-21-5-6-23(19-22(21)2)20-31-30(33)18-12-26-11-17-29(24-7-13-27(34-3)14-8-24)32(26)25-9-15-28(35-4)16-10-25/h5-11,13-17,19H,12,18,20H2,1-4H3,(H,31,33). The highest BCUT2D eigenvalue weighted by atomic mass is 32.2. The van der Waals surface area contributed by atoms with Crippen molar-refractivity contribution in [2.24, 2.45) is 0 Å². The van der Waals surface area contributed by atoms with Gasteiger partial charge in [0.15, 0.2) is 0 Å². The molecule has 0 spiro atoms. The first kappa shape index (κ1) is 24.7. The lowest BCUT2D eigenvalue weighted by Crippen LogP contribution is -2.23. The molecule has 1 amide bonds. The Morgan fingerprint density at radius 2 is 1.66 bits per heavy atom. The van der Waals surface area contributed by atoms with Crippen LogP contribution in [0, 0.1) is 13.8 Å². The van der Waals surface area contributed by atoms with E-state index in [1.165, 1.54) is 16.0 Å². The van der Waals surface area contributed by atoms with Gasteiger partial charge in [-0.05, 0) is 109 Å². The molecule has 0 aliphatic heterocycles. The van der Waals surface area contributed by atoms with Gasteiger partial charge in [-0.2, -0.15) is 0 Å². The molecular weight excluding hydrogens is 452 g/mol. The van der Waals surface area contributed by atoms with Gasteiger partial charge < -0.3 is 14.6 Å². The van der Waals surface area contributed by atoms with E-state index in [-0.39, 0.29) is 5.91 Å². The zero-order valence-corrected chi connectivity index (χ0v) is 21.6. The van der Waals surface area contributed by atoms with E-state index in [2.05, 4.69) is 96.7 Å². The van der Waals surface area contributed by atoms with Gasteiger partial charge in [-0.3, -0.25) is 4.79 Å². The maximum atomic E-state index is 12.7. The molecule has 0 unspecified atom stereocenters. The summed E-state index contributed by atoms with van der Waals surface area (Å²) >= 11 is 1.73. The third-order valence-electron chi connectivity index (χ3n) is 6.35. The molecule has 0 saturated carbocycles. The number of carbonyl (C=O) groups is 1. The molecule has 0 bridgehead atoms. The minimum atomic E-state index is 0.0553. The number of carbonyl (C=O) groups excluding carboxylic acids is 1. The molecule has 4 aromatic rings. The summed E-state index contributed by atoms with van der Waals surface area (Å²) in [6.07, 6.45) is 3.16. The molecule has 1 heterocycles. The van der Waals surface area contributed by atoms with Gasteiger partial charge in [0.05, 0.1) is 12.8 Å². The zero-order valence-electron chi connectivity index (χ0n) is 20.8. The first-order chi connectivity index (χ1) is 17.0. The molecule has 1 aromatic heterocycles. The Kier molecular flexibility index (Phi) is 7.98. The number of amides is 1. The topological polar surface area (TPSA) is 43.3 Å². The number of benzene rings is 3. The van der Waals surface area contributed by atoms with Crippen molar-refractivity contribution in [3.63, 3.8) is 0 Å². The van der Waals surface area contributed by atoms with Crippen molar-refractivity contribution < 1.29 is 9.53 Å². The minimum absolute atomic E-state index is 0.0553. The quantitative estimate of drug-likeness (QED) is 0.268. The van der Waals surface area contributed by atoms with Gasteiger partial charge in [-0.15, -0.1) is 11.8 Å². The molecule has 0 atom stereocenters. The second-order valence-electron chi connectivity index (χ2n) is 8.67. The number of aryl methyl sites for hydroxylation is 3. The molecule has 5 heteroatoms. The van der Waals surface area contributed by atoms with Crippen LogP contribution in [-0.4, -0.2) is 23.8 Å². The van der Waals surface area contributed by atoms with Gasteiger partial charge in [-0.1, -0.05) is 18.2 Å². The second-order valence-corrected chi connectivity index (χ2v) is 9.55. The van der Waals surface area contributed by atoms with E-state index in [9.17, 15) is 4.79 Å². The maximum absolute atomic E-state index is 12.7. The van der Waals surface area contributed by atoms with Gasteiger partial charge in [0.25, 0.3) is 0 Å². The van der Waals surface area contributed by atoms with E-state index in [0.717, 1.165) is 34.0 Å². The van der Waals surface area contributed by atoms with Gasteiger partial charge >= 0.3 is 0 Å². The van der Waals surface area contributed by atoms with Crippen LogP contribution >= 0.6 is 11.8 Å². The maximum Gasteiger partial charge on any atom is 0.220 e. The van der Waals surface area contributed by atoms with Crippen LogP contribution in [0.25, 0.3) is 16.9 Å². The molecule has 35 heavy (non-hydrogen) atoms. The predicted octanol–water partition coefficient (Wildman–Crippen LogP) is 6.74. The van der Waals surface area contributed by atoms with Crippen molar-refractivity contribution in [3.05, 3.63) is 101 Å². The van der Waals surface area contributed by atoms with E-state index >= 15 is 0 Å². The summed E-state index contributed by atoms with van der Waals surface area (Å²) in [5.74, 6) is 0.886. The molecule has 3 aromatic carbocycles. The van der Waals surface area contributed by atoms with Crippen LogP contribution < -0.4 is 10.1 Å². The predicted molar refractivity (Wildman–Crippen MR) is 146 cm³/mol. The second kappa shape index (κ2) is 11.3. The van der Waals surface area contributed by atoms with Crippen molar-refractivity contribution in [1.29, 1.82) is 0 Å². The van der Waals surface area contributed by atoms with Gasteiger partial charge in [0.1, 0.15) is 5.75 Å². The number of nitrogens with one attached hydrogen (secondary N) is 1. The number of thioether (sulfide) groups is 1. The summed E-state index contributed by atoms with van der Waals surface area (Å²) in [5, 5.41) is 3.08. The molecule has 1 N–H and O–H groups in total. The van der Waals surface area contributed by atoms with E-state index in [0.29, 0.717) is 19.4 Å². The molecule has 4 rings (SSSR count). The van der Waals surface area contributed by atoms with E-state index in [1.54, 1.807) is 18.9 Å². The van der Waals surface area contributed by atoms with Crippen molar-refractivity contribution in [3.8, 4) is 22.7 Å². The first-order valence-electron chi connectivity index (χ1n) is 11.8. The zero-order chi connectivity index (χ0) is 24.8. The van der Waals surface area contributed by atoms with Crippen molar-refractivity contribution in [2.75, 3.05) is 13.4 Å². The van der Waals surface area contributed by atoms with Crippen LogP contribution in [0.2, 0.25) is 0 Å². The van der Waals surface area contributed by atoms with Crippen LogP contribution in [-0.2, 0) is 17.8 Å². The van der Waals surface area contributed by atoms with Crippen molar-refractivity contribution >= 4 is 17.7 Å². The highest BCUT2D eigenvalue weighted by molar-refractivity contribution is 7.98. The number of aromatic nitrogens is 1. The monoisotopic (exact) mass is 484 g/mol. The average Bonchev–Trinajstić information content (AvgIpc) is 3.32. The van der Waals surface area contributed by atoms with Crippen LogP contribution in [0.1, 0.15) is 28.8 Å². The third-order valence-corrected chi connectivity index (χ3v) is 7.09. The number of hydrogen-bond donors (Lipinski definition) is 1. The van der Waals surface area contributed by atoms with E-state index in [1.807, 2.05) is 12.1 Å². The molecular formula is C30H32N2O2S. The highest BCUT2D eigenvalue weighted by Crippen LogP contribution is 2.30. The highest BCUT2D eigenvalue weighted by Gasteiger charge is 2.14. The Morgan fingerprint density at radius 1 is 0.914 bits per heavy atom. The lowest BCUT2D eigenvalue weighted by molar-refractivity contribution is -0.121. The van der Waals surface area contributed by atoms with Gasteiger partial charge in [0, 0.05) is 29.2 Å². The van der Waals surface area contributed by atoms with Gasteiger partial charge in [-0.25, -0.2) is 0 Å². The SMILES string of the molecule is COc1ccc(-c2ccc(CCC(=O)NCc3ccc(C)c(C)c3)n2-c2ccc(SC)cc2)cc1. The largest absolute Gasteiger partial charge is 0.497 e. The Labute approximate surface area is 212 Å². The number of methoxy groups -OCH3 is 1. The minimum Gasteiger partial charge on any atom is -0.497 e. The molecule has 0 aliphatic carbocycles. The summed E-state index contributed by atoms with van der Waals surface area (Å²) in [6, 6.07) is 27.2. The van der Waals surface area contributed by atoms with Crippen LogP contribution in [0.5, 0.6) is 5.75 Å². The van der Waals surface area contributed by atoms with Crippen molar-refractivity contribution in [2.45, 2.75) is 38.1 Å². The van der Waals surface area contributed by atoms with Gasteiger partial charge in [0.2, 0.25) is 5.91 Å². The summed E-state index contributed by atoms with van der Waals surface area (Å²) in [7, 11) is 1.67. The van der Waals surface area contributed by atoms with Crippen LogP contribution in [0.3, 0.4) is 0 Å². The van der Waals surface area contributed by atoms with E-state index < -0.39 is 0 Å². The van der Waals surface area contributed by atoms with Crippen molar-refractivity contribution in [1.82, 2.24) is 9.88 Å². The fraction of sp³-hybridized carbons (Fsp3) is 0.233. The Hall–Kier alpha value is -3.44. The number of ether oxygens (including phenoxy) is 1. The normalized spacial score (nSPS) is 10.9. The first-order valence-corrected chi connectivity index (χ1v) is 13.0. The molecule has 0 saturated heterocycles. The fourth-order valence-corrected chi connectivity index (χ4v) is 4.55. The number of hydrogen-bond acceptors (Lipinski definition) is 3. The molecule has 4 nitrogen and oxygen atoms in total. The average molecular weight is 485 g/mol. The lowest BCUT2D eigenvalue weighted by Gasteiger charge is -2.15. The lowest BCUT2D eigenvalue weighted by atomic mass is 10.1. The number of nitrogens with zero attached hydrogens (tertiary/aromatic N) is 1. The summed E-state index contributed by atoms with van der Waals surface area (Å²) < 4.78 is 7.58. The third kappa shape index (κ3) is 5.98. The Morgan fingerprint density at radius 3 is 2.31 bits per heavy atom. The molecule has 0 radical (unpaired) electrons. The van der Waals surface area contributed by atoms with Crippen LogP contribution in [0.4, 0.5) is 0 Å². The summed E-state index contributed by atoms with van der Waals surface area (Å²) in [4.78, 5) is 13.9. The fourth-order valence-electron chi connectivity index (χ4n) is 4.14. The molecule has 180 valence electrons. The summed E-state index contributed by atoms with van der Waals surface area (Å²) in [5.41, 5.74) is 8.02.